The van der Waals surface area contributed by atoms with Crippen LogP contribution in [0.5, 0.6) is 5.75 Å². The van der Waals surface area contributed by atoms with Crippen molar-refractivity contribution in [3.63, 3.8) is 0 Å². The van der Waals surface area contributed by atoms with Crippen LogP contribution in [0.4, 0.5) is 0 Å². The number of methoxy groups -OCH3 is 1. The van der Waals surface area contributed by atoms with Gasteiger partial charge >= 0.3 is 0 Å². The largest absolute Gasteiger partial charge is 0.507 e. The molecule has 0 aliphatic carbocycles. The Morgan fingerprint density at radius 1 is 1.09 bits per heavy atom. The van der Waals surface area contributed by atoms with Gasteiger partial charge in [-0.25, -0.2) is 0 Å². The molecular formula is C24H25Cl2NO5. The second kappa shape index (κ2) is 10.9. The topological polar surface area (TPSA) is 76.1 Å². The number of hydrogen-bond acceptors (Lipinski definition) is 5. The van der Waals surface area contributed by atoms with E-state index in [0.717, 1.165) is 12.8 Å². The monoisotopic (exact) mass is 477 g/mol. The number of rotatable bonds is 9. The lowest BCUT2D eigenvalue weighted by molar-refractivity contribution is -0.140. The van der Waals surface area contributed by atoms with Crippen LogP contribution in [0.3, 0.4) is 0 Å². The summed E-state index contributed by atoms with van der Waals surface area (Å²) in [5.41, 5.74) is 0.857. The van der Waals surface area contributed by atoms with Crippen molar-refractivity contribution in [1.82, 2.24) is 4.90 Å². The van der Waals surface area contributed by atoms with Gasteiger partial charge in [-0.1, -0.05) is 42.6 Å². The molecular weight excluding hydrogens is 453 g/mol. The van der Waals surface area contributed by atoms with Gasteiger partial charge < -0.3 is 19.5 Å². The molecule has 2 aromatic rings. The molecule has 1 N–H and O–H groups in total. The molecule has 0 bridgehead atoms. The van der Waals surface area contributed by atoms with Crippen molar-refractivity contribution in [3.8, 4) is 5.75 Å². The smallest absolute Gasteiger partial charge is 0.295 e. The highest BCUT2D eigenvalue weighted by atomic mass is 35.5. The number of unbranched alkanes of at least 4 members (excludes halogenated alkanes) is 1. The molecule has 170 valence electrons. The van der Waals surface area contributed by atoms with Gasteiger partial charge in [-0.05, 0) is 48.4 Å². The highest BCUT2D eigenvalue weighted by molar-refractivity contribution is 6.47. The molecule has 32 heavy (non-hydrogen) atoms. The molecule has 1 aliphatic rings. The first kappa shape index (κ1) is 24.1. The number of ketones is 1. The van der Waals surface area contributed by atoms with Crippen molar-refractivity contribution in [2.75, 3.05) is 26.9 Å². The van der Waals surface area contributed by atoms with Crippen LogP contribution in [-0.2, 0) is 14.3 Å². The van der Waals surface area contributed by atoms with Crippen LogP contribution in [0.1, 0.15) is 36.9 Å². The second-order valence-electron chi connectivity index (χ2n) is 7.38. The maximum Gasteiger partial charge on any atom is 0.295 e. The summed E-state index contributed by atoms with van der Waals surface area (Å²) in [5.74, 6) is -1.12. The fourth-order valence-electron chi connectivity index (χ4n) is 3.55. The minimum Gasteiger partial charge on any atom is -0.507 e. The number of Topliss-reactive ketones (excluding diaryl/α,β-unsaturated/α-hetero) is 1. The molecule has 1 heterocycles. The molecule has 1 unspecified atom stereocenters. The fourth-order valence-corrected chi connectivity index (χ4v) is 4.06. The van der Waals surface area contributed by atoms with E-state index in [1.165, 1.54) is 18.1 Å². The van der Waals surface area contributed by atoms with E-state index < -0.39 is 17.7 Å². The van der Waals surface area contributed by atoms with E-state index >= 15 is 0 Å². The number of benzene rings is 2. The zero-order valence-electron chi connectivity index (χ0n) is 17.9. The molecule has 1 atom stereocenters. The van der Waals surface area contributed by atoms with Crippen molar-refractivity contribution in [2.24, 2.45) is 0 Å². The van der Waals surface area contributed by atoms with Crippen molar-refractivity contribution >= 4 is 40.7 Å². The van der Waals surface area contributed by atoms with Crippen LogP contribution in [0.2, 0.25) is 10.0 Å². The quantitative estimate of drug-likeness (QED) is 0.231. The number of carbonyl (C=O) groups is 2. The number of aliphatic hydroxyl groups excluding tert-OH is 1. The van der Waals surface area contributed by atoms with Crippen LogP contribution in [0.15, 0.2) is 48.0 Å². The predicted molar refractivity (Wildman–Crippen MR) is 124 cm³/mol. The third-order valence-electron chi connectivity index (χ3n) is 5.23. The first-order valence-electron chi connectivity index (χ1n) is 10.3. The van der Waals surface area contributed by atoms with Gasteiger partial charge in [0.05, 0.1) is 24.8 Å². The van der Waals surface area contributed by atoms with E-state index in [2.05, 4.69) is 6.92 Å². The van der Waals surface area contributed by atoms with Crippen LogP contribution in [0, 0.1) is 0 Å². The van der Waals surface area contributed by atoms with E-state index in [-0.39, 0.29) is 29.5 Å². The summed E-state index contributed by atoms with van der Waals surface area (Å²) in [5, 5.41) is 11.8. The van der Waals surface area contributed by atoms with E-state index in [1.54, 1.807) is 36.4 Å². The maximum atomic E-state index is 13.0. The first-order chi connectivity index (χ1) is 15.4. The summed E-state index contributed by atoms with van der Waals surface area (Å²) in [6, 6.07) is 10.7. The average Bonchev–Trinajstić information content (AvgIpc) is 3.02. The second-order valence-corrected chi connectivity index (χ2v) is 8.22. The number of carbonyl (C=O) groups excluding carboxylic acids is 2. The highest BCUT2D eigenvalue weighted by Gasteiger charge is 2.46. The Morgan fingerprint density at radius 3 is 2.44 bits per heavy atom. The Hall–Kier alpha value is -2.54. The van der Waals surface area contributed by atoms with Gasteiger partial charge in [0, 0.05) is 29.3 Å². The zero-order chi connectivity index (χ0) is 23.3. The van der Waals surface area contributed by atoms with Gasteiger partial charge in [0.25, 0.3) is 11.7 Å². The number of nitrogens with zero attached hydrogens (tertiary/aromatic N) is 1. The lowest BCUT2D eigenvalue weighted by atomic mass is 9.95. The first-order valence-corrected chi connectivity index (χ1v) is 11.1. The Morgan fingerprint density at radius 2 is 1.81 bits per heavy atom. The number of ether oxygens (including phenoxy) is 2. The molecule has 1 saturated heterocycles. The van der Waals surface area contributed by atoms with Gasteiger partial charge in [0.2, 0.25) is 0 Å². The van der Waals surface area contributed by atoms with Crippen LogP contribution in [-0.4, -0.2) is 48.6 Å². The normalized spacial score (nSPS) is 17.8. The summed E-state index contributed by atoms with van der Waals surface area (Å²) in [6.45, 7) is 3.06. The Bertz CT molecular complexity index is 1020. The van der Waals surface area contributed by atoms with Gasteiger partial charge in [0.1, 0.15) is 11.5 Å². The minimum atomic E-state index is -0.865. The summed E-state index contributed by atoms with van der Waals surface area (Å²) in [7, 11) is 1.50. The van der Waals surface area contributed by atoms with Crippen molar-refractivity contribution in [1.29, 1.82) is 0 Å². The van der Waals surface area contributed by atoms with Gasteiger partial charge in [-0.3, -0.25) is 9.59 Å². The minimum absolute atomic E-state index is 0.0324. The third kappa shape index (κ3) is 5.09. The molecule has 1 aliphatic heterocycles. The molecule has 0 aromatic heterocycles. The molecule has 1 amide bonds. The van der Waals surface area contributed by atoms with Gasteiger partial charge in [-0.2, -0.15) is 0 Å². The predicted octanol–water partition coefficient (Wildman–Crippen LogP) is 5.24. The molecule has 0 saturated carbocycles. The summed E-state index contributed by atoms with van der Waals surface area (Å²) < 4.78 is 10.8. The molecule has 6 nitrogen and oxygen atoms in total. The van der Waals surface area contributed by atoms with Crippen LogP contribution < -0.4 is 4.74 Å². The van der Waals surface area contributed by atoms with Crippen molar-refractivity contribution in [2.45, 2.75) is 25.8 Å². The Balaban J connectivity index is 2.04. The number of halogens is 2. The zero-order valence-corrected chi connectivity index (χ0v) is 19.4. The van der Waals surface area contributed by atoms with Crippen molar-refractivity contribution in [3.05, 3.63) is 69.2 Å². The number of amides is 1. The molecule has 0 radical (unpaired) electrons. The van der Waals surface area contributed by atoms with E-state index in [4.69, 9.17) is 32.7 Å². The lowest BCUT2D eigenvalue weighted by Gasteiger charge is -2.25. The molecule has 8 heteroatoms. The lowest BCUT2D eigenvalue weighted by Crippen LogP contribution is -2.32. The molecule has 1 fully saturated rings. The summed E-state index contributed by atoms with van der Waals surface area (Å²) in [4.78, 5) is 27.1. The highest BCUT2D eigenvalue weighted by Crippen LogP contribution is 2.42. The maximum absolute atomic E-state index is 13.0. The number of likely N-dealkylation sites (tertiary alicyclic amines) is 1. The Kier molecular flexibility index (Phi) is 8.18. The average molecular weight is 478 g/mol. The van der Waals surface area contributed by atoms with Crippen molar-refractivity contribution < 1.29 is 24.2 Å². The number of hydrogen-bond donors (Lipinski definition) is 1. The number of aliphatic hydroxyl groups is 1. The van der Waals surface area contributed by atoms with Crippen LogP contribution >= 0.6 is 23.2 Å². The SMILES string of the molecule is CCCCOc1ccc(/C(O)=C2\C(=O)C(=O)N(CCOC)C2c2ccc(Cl)cc2Cl)cc1. The molecule has 2 aromatic carbocycles. The third-order valence-corrected chi connectivity index (χ3v) is 5.79. The standard InChI is InChI=1S/C24H25Cl2NO5/c1-3-4-12-32-17-8-5-15(6-9-17)22(28)20-21(18-10-7-16(25)14-19(18)26)27(11-13-31-2)24(30)23(20)29/h5-10,14,21,28H,3-4,11-13H2,1-2H3/b22-20+. The fraction of sp³-hybridized carbons (Fsp3) is 0.333. The summed E-state index contributed by atoms with van der Waals surface area (Å²) in [6.07, 6.45) is 1.96. The van der Waals surface area contributed by atoms with Gasteiger partial charge in [0.15, 0.2) is 0 Å². The van der Waals surface area contributed by atoms with Gasteiger partial charge in [-0.15, -0.1) is 0 Å². The van der Waals surface area contributed by atoms with E-state index in [0.29, 0.717) is 28.5 Å². The summed E-state index contributed by atoms with van der Waals surface area (Å²) >= 11 is 12.4. The van der Waals surface area contributed by atoms with E-state index in [1.807, 2.05) is 0 Å². The molecule has 0 spiro atoms. The van der Waals surface area contributed by atoms with E-state index in [9.17, 15) is 14.7 Å². The molecule has 3 rings (SSSR count). The Labute approximate surface area is 197 Å². The van der Waals surface area contributed by atoms with Crippen LogP contribution in [0.25, 0.3) is 5.76 Å².